The van der Waals surface area contributed by atoms with Crippen LogP contribution < -0.4 is 0 Å². The van der Waals surface area contributed by atoms with E-state index < -0.39 is 19.7 Å². The Morgan fingerprint density at radius 3 is 2.60 bits per heavy atom. The second-order valence-corrected chi connectivity index (χ2v) is 4.37. The van der Waals surface area contributed by atoms with Gasteiger partial charge in [-0.2, -0.15) is 0 Å². The SMILES string of the molecule is [B][C@@H]1OC(/C=C/P(=O)(O)O)=C(O)C1OC. The molecule has 0 aliphatic carbocycles. The average molecular weight is 232 g/mol. The second kappa shape index (κ2) is 4.41. The van der Waals surface area contributed by atoms with E-state index in [0.29, 0.717) is 5.82 Å². The number of hydrogen-bond donors (Lipinski definition) is 3. The van der Waals surface area contributed by atoms with E-state index in [1.165, 1.54) is 7.11 Å². The number of ether oxygens (including phenoxy) is 2. The van der Waals surface area contributed by atoms with Crippen molar-refractivity contribution in [1.29, 1.82) is 0 Å². The van der Waals surface area contributed by atoms with Gasteiger partial charge in [-0.3, -0.25) is 4.57 Å². The van der Waals surface area contributed by atoms with Crippen LogP contribution in [-0.2, 0) is 14.0 Å². The van der Waals surface area contributed by atoms with E-state index >= 15 is 0 Å². The van der Waals surface area contributed by atoms with Crippen LogP contribution in [0.5, 0.6) is 0 Å². The quantitative estimate of drug-likeness (QED) is 0.467. The summed E-state index contributed by atoms with van der Waals surface area (Å²) in [6, 6.07) is -0.883. The summed E-state index contributed by atoms with van der Waals surface area (Å²) in [5.41, 5.74) is 0. The summed E-state index contributed by atoms with van der Waals surface area (Å²) < 4.78 is 20.2. The molecule has 6 nitrogen and oxygen atoms in total. The highest BCUT2D eigenvalue weighted by atomic mass is 31.2. The van der Waals surface area contributed by atoms with Gasteiger partial charge in [-0.1, -0.05) is 0 Å². The molecule has 0 aromatic rings. The zero-order chi connectivity index (χ0) is 11.6. The Morgan fingerprint density at radius 2 is 2.20 bits per heavy atom. The van der Waals surface area contributed by atoms with Crippen molar-refractivity contribution in [3.05, 3.63) is 23.4 Å². The highest BCUT2D eigenvalue weighted by Gasteiger charge is 2.32. The summed E-state index contributed by atoms with van der Waals surface area (Å²) in [4.78, 5) is 17.1. The van der Waals surface area contributed by atoms with E-state index in [9.17, 15) is 9.67 Å². The van der Waals surface area contributed by atoms with Gasteiger partial charge < -0.3 is 24.4 Å². The van der Waals surface area contributed by atoms with Crippen molar-refractivity contribution < 1.29 is 28.9 Å². The molecule has 1 aliphatic rings. The summed E-state index contributed by atoms with van der Waals surface area (Å²) in [6.45, 7) is 0. The first-order valence-corrected chi connectivity index (χ1v) is 5.66. The van der Waals surface area contributed by atoms with Gasteiger partial charge in [0.25, 0.3) is 0 Å². The van der Waals surface area contributed by atoms with Gasteiger partial charge in [0, 0.05) is 12.9 Å². The van der Waals surface area contributed by atoms with Crippen LogP contribution in [0.3, 0.4) is 0 Å². The first-order chi connectivity index (χ1) is 6.85. The number of hydrogen-bond acceptors (Lipinski definition) is 4. The molecule has 0 saturated carbocycles. The molecular weight excluding hydrogens is 222 g/mol. The normalized spacial score (nSPS) is 27.4. The topological polar surface area (TPSA) is 96.2 Å². The molecule has 3 N–H and O–H groups in total. The molecule has 1 aliphatic heterocycles. The molecule has 1 rings (SSSR count). The molecule has 82 valence electrons. The molecule has 0 saturated heterocycles. The third-order valence-corrected chi connectivity index (χ3v) is 2.29. The fourth-order valence-corrected chi connectivity index (χ4v) is 1.43. The van der Waals surface area contributed by atoms with E-state index in [0.717, 1.165) is 6.08 Å². The molecule has 8 heteroatoms. The molecule has 2 atom stereocenters. The monoisotopic (exact) mass is 232 g/mol. The number of aliphatic hydroxyl groups excluding tert-OH is 1. The molecule has 2 radical (unpaired) electrons. The molecule has 0 fully saturated rings. The zero-order valence-electron chi connectivity index (χ0n) is 7.90. The minimum Gasteiger partial charge on any atom is -0.506 e. The maximum Gasteiger partial charge on any atom is 0.349 e. The van der Waals surface area contributed by atoms with Gasteiger partial charge in [-0.15, -0.1) is 0 Å². The molecule has 0 amide bonds. The maximum atomic E-state index is 10.5. The number of allylic oxidation sites excluding steroid dienone is 1. The van der Waals surface area contributed by atoms with Gasteiger partial charge in [0.2, 0.25) is 0 Å². The van der Waals surface area contributed by atoms with Gasteiger partial charge in [0.1, 0.15) is 14.0 Å². The third kappa shape index (κ3) is 3.10. The Balaban J connectivity index is 2.84. The van der Waals surface area contributed by atoms with Gasteiger partial charge in [0.15, 0.2) is 11.5 Å². The first-order valence-electron chi connectivity index (χ1n) is 3.98. The number of rotatable bonds is 3. The summed E-state index contributed by atoms with van der Waals surface area (Å²) in [5, 5.41) is 9.46. The zero-order valence-corrected chi connectivity index (χ0v) is 8.79. The Morgan fingerprint density at radius 1 is 1.60 bits per heavy atom. The lowest BCUT2D eigenvalue weighted by molar-refractivity contribution is 0.0507. The Kier molecular flexibility index (Phi) is 3.62. The lowest BCUT2D eigenvalue weighted by Crippen LogP contribution is -2.26. The van der Waals surface area contributed by atoms with Crippen molar-refractivity contribution in [2.75, 3.05) is 7.11 Å². The molecule has 1 heterocycles. The van der Waals surface area contributed by atoms with Crippen molar-refractivity contribution in [3.8, 4) is 0 Å². The summed E-state index contributed by atoms with van der Waals surface area (Å²) in [7, 11) is 2.49. The van der Waals surface area contributed by atoms with Crippen LogP contribution in [0, 0.1) is 0 Å². The van der Waals surface area contributed by atoms with Crippen LogP contribution in [0.15, 0.2) is 23.4 Å². The lowest BCUT2D eigenvalue weighted by Gasteiger charge is -2.12. The highest BCUT2D eigenvalue weighted by Crippen LogP contribution is 2.37. The van der Waals surface area contributed by atoms with Crippen molar-refractivity contribution in [3.63, 3.8) is 0 Å². The average Bonchev–Trinajstić information content (AvgIpc) is 2.37. The molecule has 0 aromatic heterocycles. The van der Waals surface area contributed by atoms with E-state index in [2.05, 4.69) is 0 Å². The molecule has 0 spiro atoms. The van der Waals surface area contributed by atoms with Crippen LogP contribution in [0.4, 0.5) is 0 Å². The van der Waals surface area contributed by atoms with E-state index in [1.54, 1.807) is 0 Å². The minimum absolute atomic E-state index is 0.0994. The Bertz CT molecular complexity index is 345. The minimum atomic E-state index is -4.28. The molecule has 0 aromatic carbocycles. The van der Waals surface area contributed by atoms with Crippen LogP contribution in [0.2, 0.25) is 0 Å². The predicted octanol–water partition coefficient (Wildman–Crippen LogP) is -0.0128. The lowest BCUT2D eigenvalue weighted by atomic mass is 9.95. The molecular formula is C7H10BO6P. The number of methoxy groups -OCH3 is 1. The van der Waals surface area contributed by atoms with Gasteiger partial charge >= 0.3 is 7.60 Å². The predicted molar refractivity (Wildman–Crippen MR) is 52.3 cm³/mol. The van der Waals surface area contributed by atoms with E-state index in [-0.39, 0.29) is 11.5 Å². The molecule has 1 unspecified atom stereocenters. The summed E-state index contributed by atoms with van der Waals surface area (Å²) >= 11 is 0. The van der Waals surface area contributed by atoms with Gasteiger partial charge in [-0.25, -0.2) is 0 Å². The fourth-order valence-electron chi connectivity index (χ4n) is 1.10. The maximum absolute atomic E-state index is 10.5. The van der Waals surface area contributed by atoms with Crippen LogP contribution in [0.1, 0.15) is 0 Å². The number of aliphatic hydroxyl groups is 1. The van der Waals surface area contributed by atoms with Crippen LogP contribution >= 0.6 is 7.60 Å². The van der Waals surface area contributed by atoms with Crippen molar-refractivity contribution in [1.82, 2.24) is 0 Å². The summed E-state index contributed by atoms with van der Waals surface area (Å²) in [5.74, 6) is 0.232. The van der Waals surface area contributed by atoms with Gasteiger partial charge in [-0.05, 0) is 6.08 Å². The highest BCUT2D eigenvalue weighted by molar-refractivity contribution is 7.55. The molecule has 0 bridgehead atoms. The fraction of sp³-hybridized carbons (Fsp3) is 0.429. The van der Waals surface area contributed by atoms with E-state index in [4.69, 9.17) is 27.1 Å². The van der Waals surface area contributed by atoms with Crippen LogP contribution in [-0.4, -0.2) is 42.0 Å². The second-order valence-electron chi connectivity index (χ2n) is 2.89. The standard InChI is InChI=1S/C7H10BO6P/c1-13-6-5(9)4(14-7(6)8)2-3-15(10,11)12/h2-3,6-7,9H,1H3,(H2,10,11,12)/b3-2+/t6?,7-/m1/s1. The van der Waals surface area contributed by atoms with Gasteiger partial charge in [0.05, 0.1) is 6.00 Å². The largest absolute Gasteiger partial charge is 0.506 e. The first kappa shape index (κ1) is 12.3. The van der Waals surface area contributed by atoms with Crippen molar-refractivity contribution in [2.24, 2.45) is 0 Å². The Labute approximate surface area is 87.8 Å². The smallest absolute Gasteiger partial charge is 0.349 e. The summed E-state index contributed by atoms with van der Waals surface area (Å²) in [6.07, 6.45) is 0.149. The van der Waals surface area contributed by atoms with Crippen LogP contribution in [0.25, 0.3) is 0 Å². The van der Waals surface area contributed by atoms with E-state index in [1.807, 2.05) is 0 Å². The Hall–Kier alpha value is -0.745. The third-order valence-electron chi connectivity index (χ3n) is 1.76. The van der Waals surface area contributed by atoms with Crippen molar-refractivity contribution in [2.45, 2.75) is 12.1 Å². The molecule has 15 heavy (non-hydrogen) atoms. The van der Waals surface area contributed by atoms with Crippen molar-refractivity contribution >= 4 is 15.4 Å².